The molecule has 1 nitrogen and oxygen atoms in total. The van der Waals surface area contributed by atoms with Gasteiger partial charge in [0, 0.05) is 12.1 Å². The van der Waals surface area contributed by atoms with E-state index in [1.165, 1.54) is 27.6 Å². The van der Waals surface area contributed by atoms with E-state index in [1.54, 1.807) is 0 Å². The Morgan fingerprint density at radius 2 is 1.81 bits per heavy atom. The van der Waals surface area contributed by atoms with Gasteiger partial charge in [0.25, 0.3) is 0 Å². The first-order chi connectivity index (χ1) is 7.83. The molecule has 3 rings (SSSR count). The predicted molar refractivity (Wildman–Crippen MR) is 69.1 cm³/mol. The maximum absolute atomic E-state index is 4.51. The summed E-state index contributed by atoms with van der Waals surface area (Å²) in [6.07, 6.45) is 0.929. The second-order valence-corrected chi connectivity index (χ2v) is 4.25. The molecule has 78 valence electrons. The Kier molecular flexibility index (Phi) is 2.10. The van der Waals surface area contributed by atoms with Crippen molar-refractivity contribution < 1.29 is 0 Å². The van der Waals surface area contributed by atoms with Gasteiger partial charge in [-0.25, -0.2) is 0 Å². The van der Waals surface area contributed by atoms with E-state index >= 15 is 0 Å². The average Bonchev–Trinajstić information content (AvgIpc) is 2.75. The topological polar surface area (TPSA) is 12.4 Å². The Morgan fingerprint density at radius 3 is 2.56 bits per heavy atom. The lowest BCUT2D eigenvalue weighted by atomic mass is 10.0. The van der Waals surface area contributed by atoms with Gasteiger partial charge >= 0.3 is 0 Å². The van der Waals surface area contributed by atoms with Gasteiger partial charge in [0.05, 0.1) is 6.54 Å². The Hall–Kier alpha value is -1.89. The molecule has 0 unspecified atom stereocenters. The van der Waals surface area contributed by atoms with E-state index in [0.717, 1.165) is 13.0 Å². The number of aliphatic imine (C=N–C) groups is 1. The third-order valence-electron chi connectivity index (χ3n) is 2.99. The van der Waals surface area contributed by atoms with E-state index in [-0.39, 0.29) is 0 Å². The predicted octanol–water partition coefficient (Wildman–Crippen LogP) is 3.59. The normalized spacial score (nSPS) is 15.5. The molecule has 0 N–H and O–H groups in total. The first-order valence-electron chi connectivity index (χ1n) is 5.52. The molecule has 1 heteroatoms. The molecule has 16 heavy (non-hydrogen) atoms. The summed E-state index contributed by atoms with van der Waals surface area (Å²) in [5.74, 6) is 0. The smallest absolute Gasteiger partial charge is 0.0604 e. The fourth-order valence-electron chi connectivity index (χ4n) is 2.12. The van der Waals surface area contributed by atoms with Crippen molar-refractivity contribution in [1.82, 2.24) is 0 Å². The van der Waals surface area contributed by atoms with Crippen molar-refractivity contribution in [1.29, 1.82) is 0 Å². The summed E-state index contributed by atoms with van der Waals surface area (Å²) in [4.78, 5) is 4.51. The van der Waals surface area contributed by atoms with E-state index in [2.05, 4.69) is 54.0 Å². The molecule has 1 heterocycles. The second kappa shape index (κ2) is 3.60. The molecular formula is C15H13N. The molecule has 0 amide bonds. The van der Waals surface area contributed by atoms with Crippen LogP contribution in [0, 0.1) is 0 Å². The van der Waals surface area contributed by atoms with Crippen molar-refractivity contribution in [2.75, 3.05) is 6.54 Å². The Balaban J connectivity index is 2.09. The maximum atomic E-state index is 4.51. The Labute approximate surface area is 95.1 Å². The van der Waals surface area contributed by atoms with Gasteiger partial charge in [0.15, 0.2) is 0 Å². The second-order valence-electron chi connectivity index (χ2n) is 4.25. The lowest BCUT2D eigenvalue weighted by molar-refractivity contribution is 1.20. The number of hydrogen-bond donors (Lipinski definition) is 0. The van der Waals surface area contributed by atoms with E-state index in [9.17, 15) is 0 Å². The van der Waals surface area contributed by atoms with Gasteiger partial charge in [-0.05, 0) is 22.4 Å². The van der Waals surface area contributed by atoms with Crippen LogP contribution < -0.4 is 0 Å². The van der Waals surface area contributed by atoms with Crippen LogP contribution in [0.4, 0.5) is 0 Å². The SMILES string of the molecule is C=C1CN=C(c2ccc3ccccc3c2)C1. The summed E-state index contributed by atoms with van der Waals surface area (Å²) in [7, 11) is 0. The van der Waals surface area contributed by atoms with Gasteiger partial charge in [-0.2, -0.15) is 0 Å². The largest absolute Gasteiger partial charge is 0.284 e. The molecule has 0 atom stereocenters. The zero-order valence-corrected chi connectivity index (χ0v) is 9.11. The summed E-state index contributed by atoms with van der Waals surface area (Å²) in [6.45, 7) is 4.77. The molecule has 1 aliphatic rings. The van der Waals surface area contributed by atoms with Gasteiger partial charge in [-0.3, -0.25) is 4.99 Å². The zero-order valence-electron chi connectivity index (χ0n) is 9.11. The van der Waals surface area contributed by atoms with Crippen LogP contribution in [-0.4, -0.2) is 12.3 Å². The van der Waals surface area contributed by atoms with Crippen LogP contribution in [0.15, 0.2) is 59.6 Å². The summed E-state index contributed by atoms with van der Waals surface area (Å²) in [5, 5.41) is 2.56. The van der Waals surface area contributed by atoms with Crippen molar-refractivity contribution in [2.45, 2.75) is 6.42 Å². The lowest BCUT2D eigenvalue weighted by Crippen LogP contribution is -1.95. The minimum Gasteiger partial charge on any atom is -0.284 e. The Morgan fingerprint density at radius 1 is 1.00 bits per heavy atom. The number of fused-ring (bicyclic) bond motifs is 1. The molecule has 0 aliphatic carbocycles. The van der Waals surface area contributed by atoms with Crippen molar-refractivity contribution in [3.8, 4) is 0 Å². The van der Waals surface area contributed by atoms with Crippen molar-refractivity contribution in [3.05, 3.63) is 60.2 Å². The van der Waals surface area contributed by atoms with Gasteiger partial charge < -0.3 is 0 Å². The van der Waals surface area contributed by atoms with Gasteiger partial charge in [0.2, 0.25) is 0 Å². The van der Waals surface area contributed by atoms with Crippen LogP contribution in [-0.2, 0) is 0 Å². The zero-order chi connectivity index (χ0) is 11.0. The van der Waals surface area contributed by atoms with Crippen LogP contribution in [0.1, 0.15) is 12.0 Å². The molecule has 0 saturated carbocycles. The molecule has 1 aliphatic heterocycles. The molecule has 2 aromatic rings. The van der Waals surface area contributed by atoms with Gasteiger partial charge in [-0.1, -0.05) is 48.6 Å². The summed E-state index contributed by atoms with van der Waals surface area (Å²) in [5.41, 5.74) is 3.62. The number of hydrogen-bond acceptors (Lipinski definition) is 1. The molecule has 0 spiro atoms. The van der Waals surface area contributed by atoms with Crippen molar-refractivity contribution >= 4 is 16.5 Å². The monoisotopic (exact) mass is 207 g/mol. The van der Waals surface area contributed by atoms with Crippen LogP contribution in [0.3, 0.4) is 0 Å². The third-order valence-corrected chi connectivity index (χ3v) is 2.99. The van der Waals surface area contributed by atoms with E-state index in [0.29, 0.717) is 0 Å². The van der Waals surface area contributed by atoms with Crippen molar-refractivity contribution in [2.24, 2.45) is 4.99 Å². The summed E-state index contributed by atoms with van der Waals surface area (Å²) < 4.78 is 0. The van der Waals surface area contributed by atoms with E-state index in [4.69, 9.17) is 0 Å². The third kappa shape index (κ3) is 1.54. The highest BCUT2D eigenvalue weighted by Gasteiger charge is 2.11. The molecule has 0 saturated heterocycles. The maximum Gasteiger partial charge on any atom is 0.0604 e. The number of nitrogens with zero attached hydrogens (tertiary/aromatic N) is 1. The molecule has 2 aromatic carbocycles. The highest BCUT2D eigenvalue weighted by atomic mass is 14.8. The quantitative estimate of drug-likeness (QED) is 0.634. The lowest BCUT2D eigenvalue weighted by Gasteiger charge is -2.03. The van der Waals surface area contributed by atoms with E-state index < -0.39 is 0 Å². The Bertz CT molecular complexity index is 593. The number of benzene rings is 2. The molecule has 0 radical (unpaired) electrons. The summed E-state index contributed by atoms with van der Waals surface area (Å²) in [6, 6.07) is 14.9. The highest BCUT2D eigenvalue weighted by Crippen LogP contribution is 2.21. The molecule has 0 bridgehead atoms. The van der Waals surface area contributed by atoms with Crippen LogP contribution in [0.5, 0.6) is 0 Å². The average molecular weight is 207 g/mol. The molecule has 0 aromatic heterocycles. The van der Waals surface area contributed by atoms with Gasteiger partial charge in [-0.15, -0.1) is 0 Å². The van der Waals surface area contributed by atoms with Crippen LogP contribution in [0.25, 0.3) is 10.8 Å². The standard InChI is InChI=1S/C15H13N/c1-11-8-15(16-10-11)14-7-6-12-4-2-3-5-13(12)9-14/h2-7,9H,1,8,10H2. The van der Waals surface area contributed by atoms with Crippen LogP contribution >= 0.6 is 0 Å². The van der Waals surface area contributed by atoms with E-state index in [1.807, 2.05) is 0 Å². The molecule has 0 fully saturated rings. The van der Waals surface area contributed by atoms with Crippen LogP contribution in [0.2, 0.25) is 0 Å². The first kappa shape index (κ1) is 9.34. The minimum absolute atomic E-state index is 0.794. The number of rotatable bonds is 1. The summed E-state index contributed by atoms with van der Waals surface area (Å²) >= 11 is 0. The highest BCUT2D eigenvalue weighted by molar-refractivity contribution is 6.05. The van der Waals surface area contributed by atoms with Gasteiger partial charge in [0.1, 0.15) is 0 Å². The minimum atomic E-state index is 0.794. The molecular weight excluding hydrogens is 194 g/mol. The fraction of sp³-hybridized carbons (Fsp3) is 0.133. The fourth-order valence-corrected chi connectivity index (χ4v) is 2.12. The van der Waals surface area contributed by atoms with Crippen molar-refractivity contribution in [3.63, 3.8) is 0 Å². The first-order valence-corrected chi connectivity index (χ1v) is 5.52.